The van der Waals surface area contributed by atoms with Crippen LogP contribution in [-0.4, -0.2) is 69.8 Å². The summed E-state index contributed by atoms with van der Waals surface area (Å²) >= 11 is 0. The average molecular weight is 438 g/mol. The molecule has 0 aliphatic heterocycles. The number of carbonyl (C=O) groups excluding carboxylic acids is 3. The van der Waals surface area contributed by atoms with Crippen LogP contribution in [0.1, 0.15) is 26.3 Å². The molecule has 11 nitrogen and oxygen atoms in total. The Labute approximate surface area is 180 Å². The predicted molar refractivity (Wildman–Crippen MR) is 111 cm³/mol. The maximum atomic E-state index is 12.5. The van der Waals surface area contributed by atoms with Gasteiger partial charge in [0.1, 0.15) is 11.8 Å². The lowest BCUT2D eigenvalue weighted by atomic mass is 10.0. The van der Waals surface area contributed by atoms with Crippen molar-refractivity contribution in [3.05, 3.63) is 29.8 Å². The minimum absolute atomic E-state index is 0.0884. The number of nitrogens with one attached hydrogen (secondary N) is 3. The Morgan fingerprint density at radius 2 is 1.55 bits per heavy atom. The number of carboxylic acid groups (broad SMARTS) is 1. The summed E-state index contributed by atoms with van der Waals surface area (Å²) in [6, 6.07) is 2.78. The summed E-state index contributed by atoms with van der Waals surface area (Å²) in [7, 11) is 0. The zero-order valence-electron chi connectivity index (χ0n) is 17.7. The molecule has 1 aromatic carbocycles. The van der Waals surface area contributed by atoms with Gasteiger partial charge in [0.25, 0.3) is 0 Å². The molecule has 0 fully saturated rings. The van der Waals surface area contributed by atoms with Gasteiger partial charge in [-0.2, -0.15) is 0 Å². The van der Waals surface area contributed by atoms with Crippen LogP contribution in [0.2, 0.25) is 0 Å². The van der Waals surface area contributed by atoms with Crippen molar-refractivity contribution >= 4 is 23.7 Å². The quantitative estimate of drug-likeness (QED) is 0.216. The monoisotopic (exact) mass is 438 g/mol. The Morgan fingerprint density at radius 3 is 2.03 bits per heavy atom. The number of aliphatic carboxylic acids is 1. The van der Waals surface area contributed by atoms with Crippen LogP contribution in [0.5, 0.6) is 5.75 Å². The normalized spacial score (nSPS) is 14.8. The van der Waals surface area contributed by atoms with Crippen LogP contribution < -0.4 is 21.7 Å². The first kappa shape index (κ1) is 25.9. The van der Waals surface area contributed by atoms with Crippen LogP contribution >= 0.6 is 0 Å². The van der Waals surface area contributed by atoms with Gasteiger partial charge < -0.3 is 37.0 Å². The van der Waals surface area contributed by atoms with Crippen LogP contribution in [0, 0.1) is 5.92 Å². The topological polar surface area (TPSA) is 191 Å². The van der Waals surface area contributed by atoms with Gasteiger partial charge in [0.15, 0.2) is 6.04 Å². The predicted octanol–water partition coefficient (Wildman–Crippen LogP) is -1.53. The van der Waals surface area contributed by atoms with Crippen LogP contribution in [-0.2, 0) is 25.6 Å². The van der Waals surface area contributed by atoms with Crippen molar-refractivity contribution in [2.75, 3.05) is 6.54 Å². The van der Waals surface area contributed by atoms with E-state index < -0.39 is 54.5 Å². The Bertz CT molecular complexity index is 780. The maximum absolute atomic E-state index is 12.5. The number of aliphatic hydroxyl groups excluding tert-OH is 1. The van der Waals surface area contributed by atoms with Crippen molar-refractivity contribution in [2.45, 2.75) is 51.4 Å². The van der Waals surface area contributed by atoms with Gasteiger partial charge in [-0.1, -0.05) is 26.0 Å². The third kappa shape index (κ3) is 8.60. The SMILES string of the molecule is CC(C)C(NC(=O)C(N)Cc1ccc(O)cc1)C(=O)NCC(=O)NC(C(=O)O)C(C)O. The molecule has 1 aromatic rings. The molecular weight excluding hydrogens is 408 g/mol. The molecule has 8 N–H and O–H groups in total. The highest BCUT2D eigenvalue weighted by Crippen LogP contribution is 2.11. The molecular formula is C20H30N4O7. The fourth-order valence-corrected chi connectivity index (χ4v) is 2.66. The summed E-state index contributed by atoms with van der Waals surface area (Å²) in [5.41, 5.74) is 6.65. The number of aromatic hydroxyl groups is 1. The molecule has 4 atom stereocenters. The first-order chi connectivity index (χ1) is 14.4. The number of phenols is 1. The molecule has 0 heterocycles. The molecule has 11 heteroatoms. The number of hydrogen-bond acceptors (Lipinski definition) is 7. The van der Waals surface area contributed by atoms with Crippen molar-refractivity contribution < 1.29 is 34.5 Å². The van der Waals surface area contributed by atoms with E-state index in [2.05, 4.69) is 16.0 Å². The zero-order chi connectivity index (χ0) is 23.7. The standard InChI is InChI=1S/C20H30N4O7/c1-10(2)16(19(29)22-9-15(27)23-17(11(3)25)20(30)31)24-18(28)14(21)8-12-4-6-13(26)7-5-12/h4-7,10-11,14,16-17,25-26H,8-9,21H2,1-3H3,(H,22,29)(H,23,27)(H,24,28)(H,30,31). The summed E-state index contributed by atoms with van der Waals surface area (Å²) in [6.45, 7) is 4.07. The largest absolute Gasteiger partial charge is 0.508 e. The van der Waals surface area contributed by atoms with E-state index in [0.717, 1.165) is 5.56 Å². The van der Waals surface area contributed by atoms with Crippen molar-refractivity contribution in [1.29, 1.82) is 0 Å². The minimum Gasteiger partial charge on any atom is -0.508 e. The molecule has 0 aliphatic rings. The van der Waals surface area contributed by atoms with Gasteiger partial charge in [0, 0.05) is 0 Å². The molecule has 0 saturated heterocycles. The van der Waals surface area contributed by atoms with Crippen molar-refractivity contribution in [3.63, 3.8) is 0 Å². The second-order valence-corrected chi connectivity index (χ2v) is 7.55. The lowest BCUT2D eigenvalue weighted by Crippen LogP contribution is -2.56. The van der Waals surface area contributed by atoms with Gasteiger partial charge in [-0.3, -0.25) is 14.4 Å². The van der Waals surface area contributed by atoms with Crippen molar-refractivity contribution in [1.82, 2.24) is 16.0 Å². The highest BCUT2D eigenvalue weighted by Gasteiger charge is 2.28. The molecule has 0 saturated carbocycles. The van der Waals surface area contributed by atoms with E-state index in [9.17, 15) is 29.4 Å². The number of nitrogens with two attached hydrogens (primary N) is 1. The van der Waals surface area contributed by atoms with Gasteiger partial charge >= 0.3 is 5.97 Å². The first-order valence-electron chi connectivity index (χ1n) is 9.74. The van der Waals surface area contributed by atoms with E-state index in [1.165, 1.54) is 19.1 Å². The number of benzene rings is 1. The maximum Gasteiger partial charge on any atom is 0.328 e. The zero-order valence-corrected chi connectivity index (χ0v) is 17.7. The number of rotatable bonds is 11. The fraction of sp³-hybridized carbons (Fsp3) is 0.500. The lowest BCUT2D eigenvalue weighted by Gasteiger charge is -2.24. The van der Waals surface area contributed by atoms with Gasteiger partial charge in [0.2, 0.25) is 17.7 Å². The van der Waals surface area contributed by atoms with Gasteiger partial charge in [0.05, 0.1) is 18.7 Å². The number of aliphatic hydroxyl groups is 1. The second-order valence-electron chi connectivity index (χ2n) is 7.55. The van der Waals surface area contributed by atoms with E-state index >= 15 is 0 Å². The molecule has 4 unspecified atom stereocenters. The smallest absolute Gasteiger partial charge is 0.328 e. The summed E-state index contributed by atoms with van der Waals surface area (Å²) in [6.07, 6.45) is -1.13. The molecule has 0 aliphatic carbocycles. The van der Waals surface area contributed by atoms with Crippen LogP contribution in [0.3, 0.4) is 0 Å². The van der Waals surface area contributed by atoms with E-state index in [-0.39, 0.29) is 18.1 Å². The van der Waals surface area contributed by atoms with E-state index in [1.807, 2.05) is 0 Å². The number of amides is 3. The third-order valence-electron chi connectivity index (χ3n) is 4.46. The van der Waals surface area contributed by atoms with Gasteiger partial charge in [-0.05, 0) is 37.0 Å². The minimum atomic E-state index is -1.51. The summed E-state index contributed by atoms with van der Waals surface area (Å²) in [5, 5.41) is 34.7. The van der Waals surface area contributed by atoms with Gasteiger partial charge in [-0.25, -0.2) is 4.79 Å². The van der Waals surface area contributed by atoms with E-state index in [4.69, 9.17) is 10.8 Å². The average Bonchev–Trinajstić information content (AvgIpc) is 2.69. The third-order valence-corrected chi connectivity index (χ3v) is 4.46. The van der Waals surface area contributed by atoms with E-state index in [0.29, 0.717) is 0 Å². The molecule has 0 radical (unpaired) electrons. The molecule has 3 amide bonds. The van der Waals surface area contributed by atoms with Crippen LogP contribution in [0.4, 0.5) is 0 Å². The van der Waals surface area contributed by atoms with Crippen LogP contribution in [0.15, 0.2) is 24.3 Å². The fourth-order valence-electron chi connectivity index (χ4n) is 2.66. The van der Waals surface area contributed by atoms with E-state index in [1.54, 1.807) is 26.0 Å². The highest BCUT2D eigenvalue weighted by atomic mass is 16.4. The summed E-state index contributed by atoms with van der Waals surface area (Å²) < 4.78 is 0. The second kappa shape index (κ2) is 11.9. The molecule has 0 bridgehead atoms. The number of carbonyl (C=O) groups is 4. The summed E-state index contributed by atoms with van der Waals surface area (Å²) in [5.74, 6) is -3.66. The Balaban J connectivity index is 2.64. The molecule has 0 aromatic heterocycles. The molecule has 172 valence electrons. The number of carboxylic acids is 1. The molecule has 0 spiro atoms. The number of phenolic OH excluding ortho intramolecular Hbond substituents is 1. The highest BCUT2D eigenvalue weighted by molar-refractivity contribution is 5.92. The number of hydrogen-bond donors (Lipinski definition) is 7. The Hall–Kier alpha value is -3.18. The van der Waals surface area contributed by atoms with Crippen LogP contribution in [0.25, 0.3) is 0 Å². The Kier molecular flexibility index (Phi) is 9.90. The summed E-state index contributed by atoms with van der Waals surface area (Å²) in [4.78, 5) is 47.8. The van der Waals surface area contributed by atoms with Crippen molar-refractivity contribution in [3.8, 4) is 5.75 Å². The molecule has 1 rings (SSSR count). The molecule has 31 heavy (non-hydrogen) atoms. The first-order valence-corrected chi connectivity index (χ1v) is 9.74. The Morgan fingerprint density at radius 1 is 0.968 bits per heavy atom. The van der Waals surface area contributed by atoms with Crippen molar-refractivity contribution in [2.24, 2.45) is 11.7 Å². The van der Waals surface area contributed by atoms with Gasteiger partial charge in [-0.15, -0.1) is 0 Å². The lowest BCUT2D eigenvalue weighted by molar-refractivity contribution is -0.144.